The topological polar surface area (TPSA) is 78.3 Å². The molecule has 1 aromatic heterocycles. The van der Waals surface area contributed by atoms with Crippen LogP contribution in [0.15, 0.2) is 53.7 Å². The molecule has 0 saturated heterocycles. The molecule has 1 aliphatic rings. The summed E-state index contributed by atoms with van der Waals surface area (Å²) in [7, 11) is 1.84. The Hall–Kier alpha value is -2.71. The van der Waals surface area contributed by atoms with Crippen LogP contribution in [-0.2, 0) is 11.8 Å². The fraction of sp³-hybridized carbons (Fsp3) is 0.211. The normalized spacial score (nSPS) is 15.3. The maximum Gasteiger partial charge on any atom is 0.234 e. The molecule has 0 aliphatic carbocycles. The van der Waals surface area contributed by atoms with E-state index in [-0.39, 0.29) is 17.8 Å². The molecule has 1 atom stereocenters. The second-order valence-corrected chi connectivity index (χ2v) is 7.49. The Balaban J connectivity index is 1.38. The molecule has 144 valence electrons. The van der Waals surface area contributed by atoms with Crippen molar-refractivity contribution in [3.8, 4) is 11.5 Å². The zero-order valence-electron chi connectivity index (χ0n) is 15.0. The van der Waals surface area contributed by atoms with Crippen molar-refractivity contribution in [2.24, 2.45) is 7.05 Å². The molecule has 3 aromatic rings. The SMILES string of the molecule is Cn1c(SCC(=O)Nc2cccc(Cl)c2)nnc1C1COc2ccccc2O1. The van der Waals surface area contributed by atoms with Crippen LogP contribution in [-0.4, -0.2) is 33.0 Å². The Bertz CT molecular complexity index is 1010. The van der Waals surface area contributed by atoms with Gasteiger partial charge < -0.3 is 19.4 Å². The van der Waals surface area contributed by atoms with Crippen molar-refractivity contribution in [2.75, 3.05) is 17.7 Å². The molecule has 9 heteroatoms. The van der Waals surface area contributed by atoms with Crippen LogP contribution in [0.5, 0.6) is 11.5 Å². The molecule has 1 N–H and O–H groups in total. The van der Waals surface area contributed by atoms with Gasteiger partial charge in [0.05, 0.1) is 5.75 Å². The predicted molar refractivity (Wildman–Crippen MR) is 107 cm³/mol. The van der Waals surface area contributed by atoms with Gasteiger partial charge in [0.1, 0.15) is 6.61 Å². The quantitative estimate of drug-likeness (QED) is 0.639. The van der Waals surface area contributed by atoms with E-state index in [0.717, 1.165) is 0 Å². The average Bonchev–Trinajstić information content (AvgIpc) is 3.06. The highest BCUT2D eigenvalue weighted by Gasteiger charge is 2.27. The van der Waals surface area contributed by atoms with E-state index in [9.17, 15) is 4.79 Å². The predicted octanol–water partition coefficient (Wildman–Crippen LogP) is 3.71. The Morgan fingerprint density at radius 2 is 2.07 bits per heavy atom. The first-order valence-corrected chi connectivity index (χ1v) is 9.92. The van der Waals surface area contributed by atoms with Crippen LogP contribution in [0.25, 0.3) is 0 Å². The number of benzene rings is 2. The zero-order chi connectivity index (χ0) is 19.5. The number of ether oxygens (including phenoxy) is 2. The van der Waals surface area contributed by atoms with Gasteiger partial charge in [-0.05, 0) is 30.3 Å². The van der Waals surface area contributed by atoms with Gasteiger partial charge in [-0.25, -0.2) is 0 Å². The molecule has 4 rings (SSSR count). The number of nitrogens with zero attached hydrogens (tertiary/aromatic N) is 3. The second-order valence-electron chi connectivity index (χ2n) is 6.11. The number of rotatable bonds is 5. The molecule has 28 heavy (non-hydrogen) atoms. The number of halogens is 1. The molecular formula is C19H17ClN4O3S. The van der Waals surface area contributed by atoms with Crippen molar-refractivity contribution < 1.29 is 14.3 Å². The lowest BCUT2D eigenvalue weighted by atomic mass is 10.2. The molecule has 1 amide bonds. The van der Waals surface area contributed by atoms with E-state index in [1.807, 2.05) is 35.9 Å². The van der Waals surface area contributed by atoms with Crippen LogP contribution in [0.3, 0.4) is 0 Å². The van der Waals surface area contributed by atoms with E-state index in [0.29, 0.717) is 39.8 Å². The largest absolute Gasteiger partial charge is 0.485 e. The molecule has 7 nitrogen and oxygen atoms in total. The minimum atomic E-state index is -0.359. The number of carbonyl (C=O) groups excluding carboxylic acids is 1. The Labute approximate surface area is 171 Å². The maximum atomic E-state index is 12.2. The van der Waals surface area contributed by atoms with E-state index >= 15 is 0 Å². The fourth-order valence-electron chi connectivity index (χ4n) is 2.77. The van der Waals surface area contributed by atoms with Gasteiger partial charge in [0.15, 0.2) is 28.6 Å². The summed E-state index contributed by atoms with van der Waals surface area (Å²) < 4.78 is 13.5. The number of thioether (sulfide) groups is 1. The van der Waals surface area contributed by atoms with Gasteiger partial charge in [-0.15, -0.1) is 10.2 Å². The van der Waals surface area contributed by atoms with Crippen molar-refractivity contribution in [1.82, 2.24) is 14.8 Å². The van der Waals surface area contributed by atoms with E-state index in [1.54, 1.807) is 24.3 Å². The molecule has 0 bridgehead atoms. The lowest BCUT2D eigenvalue weighted by Gasteiger charge is -2.25. The third-order valence-electron chi connectivity index (χ3n) is 4.11. The highest BCUT2D eigenvalue weighted by molar-refractivity contribution is 7.99. The van der Waals surface area contributed by atoms with Crippen LogP contribution < -0.4 is 14.8 Å². The lowest BCUT2D eigenvalue weighted by molar-refractivity contribution is -0.113. The van der Waals surface area contributed by atoms with Crippen molar-refractivity contribution in [3.05, 3.63) is 59.4 Å². The highest BCUT2D eigenvalue weighted by atomic mass is 35.5. The van der Waals surface area contributed by atoms with E-state index in [2.05, 4.69) is 15.5 Å². The lowest BCUT2D eigenvalue weighted by Crippen LogP contribution is -2.24. The molecule has 0 fully saturated rings. The first-order valence-electron chi connectivity index (χ1n) is 8.56. The average molecular weight is 417 g/mol. The monoisotopic (exact) mass is 416 g/mol. The first-order chi connectivity index (χ1) is 13.6. The summed E-state index contributed by atoms with van der Waals surface area (Å²) in [5, 5.41) is 12.4. The number of carbonyl (C=O) groups is 1. The minimum Gasteiger partial charge on any atom is -0.485 e. The summed E-state index contributed by atoms with van der Waals surface area (Å²) in [4.78, 5) is 12.2. The van der Waals surface area contributed by atoms with Crippen molar-refractivity contribution >= 4 is 35.0 Å². The van der Waals surface area contributed by atoms with Gasteiger partial charge in [0.2, 0.25) is 5.91 Å². The van der Waals surface area contributed by atoms with Crippen LogP contribution in [0, 0.1) is 0 Å². The molecule has 2 aromatic carbocycles. The first kappa shape index (κ1) is 18.6. The summed E-state index contributed by atoms with van der Waals surface area (Å²) >= 11 is 7.23. The molecular weight excluding hydrogens is 400 g/mol. The van der Waals surface area contributed by atoms with Crippen LogP contribution in [0.4, 0.5) is 5.69 Å². The summed E-state index contributed by atoms with van der Waals surface area (Å²) in [6, 6.07) is 14.5. The zero-order valence-corrected chi connectivity index (χ0v) is 16.5. The summed E-state index contributed by atoms with van der Waals surface area (Å²) in [5.41, 5.74) is 0.656. The van der Waals surface area contributed by atoms with Crippen LogP contribution >= 0.6 is 23.4 Å². The van der Waals surface area contributed by atoms with Gasteiger partial charge in [-0.3, -0.25) is 4.79 Å². The molecule has 0 saturated carbocycles. The smallest absolute Gasteiger partial charge is 0.234 e. The molecule has 1 unspecified atom stereocenters. The Morgan fingerprint density at radius 3 is 2.89 bits per heavy atom. The molecule has 1 aliphatic heterocycles. The van der Waals surface area contributed by atoms with Crippen LogP contribution in [0.2, 0.25) is 5.02 Å². The van der Waals surface area contributed by atoms with Gasteiger partial charge in [0, 0.05) is 17.8 Å². The van der Waals surface area contributed by atoms with Gasteiger partial charge in [-0.1, -0.05) is 41.6 Å². The maximum absolute atomic E-state index is 12.2. The number of fused-ring (bicyclic) bond motifs is 1. The van der Waals surface area contributed by atoms with Gasteiger partial charge in [-0.2, -0.15) is 0 Å². The third-order valence-corrected chi connectivity index (χ3v) is 5.36. The molecule has 0 spiro atoms. The van der Waals surface area contributed by atoms with Gasteiger partial charge >= 0.3 is 0 Å². The molecule has 2 heterocycles. The van der Waals surface area contributed by atoms with E-state index < -0.39 is 0 Å². The van der Waals surface area contributed by atoms with E-state index in [1.165, 1.54) is 11.8 Å². The number of hydrogen-bond donors (Lipinski definition) is 1. The van der Waals surface area contributed by atoms with Crippen molar-refractivity contribution in [1.29, 1.82) is 0 Å². The number of hydrogen-bond acceptors (Lipinski definition) is 6. The van der Waals surface area contributed by atoms with Crippen molar-refractivity contribution in [3.63, 3.8) is 0 Å². The number of amides is 1. The number of aromatic nitrogens is 3. The number of para-hydroxylation sites is 2. The summed E-state index contributed by atoms with van der Waals surface area (Å²) in [6.45, 7) is 0.350. The minimum absolute atomic E-state index is 0.150. The number of anilines is 1. The highest BCUT2D eigenvalue weighted by Crippen LogP contribution is 2.35. The van der Waals surface area contributed by atoms with Gasteiger partial charge in [0.25, 0.3) is 0 Å². The Morgan fingerprint density at radius 1 is 1.25 bits per heavy atom. The standard InChI is InChI=1S/C19H17ClN4O3S/c1-24-18(16-10-26-14-7-2-3-8-15(14)27-16)22-23-19(24)28-11-17(25)21-13-6-4-5-12(20)9-13/h2-9,16H,10-11H2,1H3,(H,21,25). The molecule has 0 radical (unpaired) electrons. The fourth-order valence-corrected chi connectivity index (χ4v) is 3.68. The van der Waals surface area contributed by atoms with Crippen LogP contribution in [0.1, 0.15) is 11.9 Å². The Kier molecular flexibility index (Phi) is 5.40. The van der Waals surface area contributed by atoms with E-state index in [4.69, 9.17) is 21.1 Å². The second kappa shape index (κ2) is 8.12. The summed E-state index contributed by atoms with van der Waals surface area (Å²) in [5.74, 6) is 2.09. The summed E-state index contributed by atoms with van der Waals surface area (Å²) in [6.07, 6.45) is -0.359. The third kappa shape index (κ3) is 4.07. The number of nitrogens with one attached hydrogen (secondary N) is 1. The van der Waals surface area contributed by atoms with Crippen molar-refractivity contribution in [2.45, 2.75) is 11.3 Å².